The summed E-state index contributed by atoms with van der Waals surface area (Å²) in [7, 11) is -7.76. The van der Waals surface area contributed by atoms with E-state index in [1.165, 1.54) is 0 Å². The summed E-state index contributed by atoms with van der Waals surface area (Å²) in [4.78, 5) is 9.39. The van der Waals surface area contributed by atoms with Crippen LogP contribution in [0, 0.1) is 0 Å². The first kappa shape index (κ1) is 29.2. The van der Waals surface area contributed by atoms with Crippen molar-refractivity contribution in [2.24, 2.45) is 0 Å². The maximum absolute atomic E-state index is 12.9. The highest BCUT2D eigenvalue weighted by Crippen LogP contribution is 2.57. The van der Waals surface area contributed by atoms with Gasteiger partial charge in [0.1, 0.15) is 11.5 Å². The molecule has 0 radical (unpaired) electrons. The zero-order valence-electron chi connectivity index (χ0n) is 23.0. The molecule has 2 aliphatic rings. The molecule has 2 unspecified atom stereocenters. The minimum absolute atomic E-state index is 0.0381. The van der Waals surface area contributed by atoms with Crippen LogP contribution < -0.4 is 9.05 Å². The molecule has 0 aliphatic carbocycles. The van der Waals surface area contributed by atoms with Crippen molar-refractivity contribution in [3.8, 4) is 22.6 Å². The highest BCUT2D eigenvalue weighted by molar-refractivity contribution is 7.49. The Hall–Kier alpha value is -1.74. The predicted molar refractivity (Wildman–Crippen MR) is 141 cm³/mol. The molecule has 2 atom stereocenters. The monoisotopic (exact) mass is 570 g/mol. The molecular formula is C26H36O10P2. The second kappa shape index (κ2) is 11.4. The Morgan fingerprint density at radius 3 is 1.08 bits per heavy atom. The fourth-order valence-corrected chi connectivity index (χ4v) is 6.11. The molecule has 210 valence electrons. The van der Waals surface area contributed by atoms with Gasteiger partial charge in [0.15, 0.2) is 13.6 Å². The fraction of sp³-hybridized carbons (Fsp3) is 0.538. The van der Waals surface area contributed by atoms with Crippen molar-refractivity contribution in [2.75, 3.05) is 13.6 Å². The SMILES string of the molecule is CC(C)c1cc(-c2cc(C(C)C)c(OP3(=O)OCOO3)c(C(C)C)c2)cc(C(C)C)c1OP1(=O)OCOO1. The molecule has 0 N–H and O–H groups in total. The van der Waals surface area contributed by atoms with Crippen molar-refractivity contribution >= 4 is 15.6 Å². The normalized spacial score (nSPS) is 23.8. The van der Waals surface area contributed by atoms with Crippen LogP contribution in [0.25, 0.3) is 11.1 Å². The van der Waals surface area contributed by atoms with Crippen molar-refractivity contribution in [2.45, 2.75) is 79.1 Å². The van der Waals surface area contributed by atoms with E-state index >= 15 is 0 Å². The lowest BCUT2D eigenvalue weighted by molar-refractivity contribution is -0.199. The molecule has 2 aromatic carbocycles. The summed E-state index contributed by atoms with van der Waals surface area (Å²) in [6, 6.07) is 8.10. The van der Waals surface area contributed by atoms with Gasteiger partial charge in [0.25, 0.3) is 0 Å². The lowest BCUT2D eigenvalue weighted by Gasteiger charge is -2.24. The van der Waals surface area contributed by atoms with Crippen LogP contribution in [0.3, 0.4) is 0 Å². The van der Waals surface area contributed by atoms with Crippen LogP contribution in [-0.4, -0.2) is 13.6 Å². The minimum Gasteiger partial charge on any atom is -0.402 e. The molecule has 12 heteroatoms. The van der Waals surface area contributed by atoms with Gasteiger partial charge in [-0.15, -0.1) is 9.35 Å². The number of benzene rings is 2. The second-order valence-electron chi connectivity index (χ2n) is 10.5. The van der Waals surface area contributed by atoms with Crippen LogP contribution in [0.2, 0.25) is 0 Å². The zero-order valence-corrected chi connectivity index (χ0v) is 24.8. The number of phosphoric acid groups is 2. The summed E-state index contributed by atoms with van der Waals surface area (Å²) in [5, 5.41) is 0. The third kappa shape index (κ3) is 6.19. The average Bonchev–Trinajstić information content (AvgIpc) is 3.46. The Labute approximate surface area is 223 Å². The van der Waals surface area contributed by atoms with Crippen molar-refractivity contribution in [1.29, 1.82) is 0 Å². The first-order chi connectivity index (χ1) is 17.8. The molecule has 0 amide bonds. The van der Waals surface area contributed by atoms with Crippen LogP contribution in [0.4, 0.5) is 0 Å². The molecule has 0 spiro atoms. The first-order valence-corrected chi connectivity index (χ1v) is 15.6. The highest BCUT2D eigenvalue weighted by atomic mass is 31.2. The van der Waals surface area contributed by atoms with E-state index in [1.54, 1.807) is 0 Å². The summed E-state index contributed by atoms with van der Waals surface area (Å²) in [5.41, 5.74) is 5.32. The van der Waals surface area contributed by atoms with Gasteiger partial charge in [-0.25, -0.2) is 18.2 Å². The zero-order chi connectivity index (χ0) is 27.8. The van der Waals surface area contributed by atoms with Gasteiger partial charge in [0, 0.05) is 0 Å². The van der Waals surface area contributed by atoms with E-state index in [1.807, 2.05) is 79.7 Å². The summed E-state index contributed by atoms with van der Waals surface area (Å²) in [6.07, 6.45) is 0. The van der Waals surface area contributed by atoms with Gasteiger partial charge >= 0.3 is 15.6 Å². The molecule has 4 rings (SSSR count). The second-order valence-corrected chi connectivity index (χ2v) is 13.5. The topological polar surface area (TPSA) is 108 Å². The van der Waals surface area contributed by atoms with Crippen molar-refractivity contribution in [1.82, 2.24) is 0 Å². The number of hydrogen-bond donors (Lipinski definition) is 0. The smallest absolute Gasteiger partial charge is 0.402 e. The van der Waals surface area contributed by atoms with E-state index in [0.717, 1.165) is 33.4 Å². The first-order valence-electron chi connectivity index (χ1n) is 12.7. The van der Waals surface area contributed by atoms with Crippen LogP contribution >= 0.6 is 15.6 Å². The highest BCUT2D eigenvalue weighted by Gasteiger charge is 2.39. The Morgan fingerprint density at radius 2 is 0.868 bits per heavy atom. The van der Waals surface area contributed by atoms with Crippen LogP contribution in [0.15, 0.2) is 24.3 Å². The van der Waals surface area contributed by atoms with E-state index < -0.39 is 15.6 Å². The Bertz CT molecular complexity index is 1100. The minimum atomic E-state index is -3.88. The van der Waals surface area contributed by atoms with Gasteiger partial charge in [-0.1, -0.05) is 55.4 Å². The van der Waals surface area contributed by atoms with Gasteiger partial charge < -0.3 is 9.05 Å². The van der Waals surface area contributed by atoms with E-state index in [-0.39, 0.29) is 37.3 Å². The van der Waals surface area contributed by atoms with E-state index in [9.17, 15) is 9.13 Å². The maximum atomic E-state index is 12.9. The third-order valence-corrected chi connectivity index (χ3v) is 8.56. The lowest BCUT2D eigenvalue weighted by Crippen LogP contribution is -2.06. The summed E-state index contributed by atoms with van der Waals surface area (Å²) in [5.74, 6) is 1.09. The lowest BCUT2D eigenvalue weighted by atomic mass is 9.86. The summed E-state index contributed by atoms with van der Waals surface area (Å²) in [6.45, 7) is 15.8. The largest absolute Gasteiger partial charge is 0.560 e. The van der Waals surface area contributed by atoms with Gasteiger partial charge in [-0.3, -0.25) is 0 Å². The van der Waals surface area contributed by atoms with E-state index in [2.05, 4.69) is 0 Å². The maximum Gasteiger partial charge on any atom is 0.560 e. The van der Waals surface area contributed by atoms with Gasteiger partial charge in [0.05, 0.1) is 0 Å². The van der Waals surface area contributed by atoms with Gasteiger partial charge in [-0.2, -0.15) is 9.78 Å². The van der Waals surface area contributed by atoms with Gasteiger partial charge in [0.2, 0.25) is 0 Å². The number of hydrogen-bond acceptors (Lipinski definition) is 10. The summed E-state index contributed by atoms with van der Waals surface area (Å²) < 4.78 is 57.4. The van der Waals surface area contributed by atoms with E-state index in [4.69, 9.17) is 37.2 Å². The predicted octanol–water partition coefficient (Wildman–Crippen LogP) is 8.69. The molecule has 38 heavy (non-hydrogen) atoms. The van der Waals surface area contributed by atoms with E-state index in [0.29, 0.717) is 11.5 Å². The van der Waals surface area contributed by atoms with Crippen LogP contribution in [0.5, 0.6) is 11.5 Å². The van der Waals surface area contributed by atoms with Crippen molar-refractivity contribution in [3.63, 3.8) is 0 Å². The summed E-state index contributed by atoms with van der Waals surface area (Å²) >= 11 is 0. The standard InChI is InChI=1S/C26H36O10P2/c1-15(2)21-9-19(10-22(16(3)4)25(21)33-37(27)31-13-29-35-37)20-11-23(17(5)6)26(24(12-20)18(7)8)34-38(28)32-14-30-36-38/h9-12,15-18H,13-14H2,1-8H3. The van der Waals surface area contributed by atoms with Gasteiger partial charge in [-0.05, 0) is 81.3 Å². The average molecular weight is 571 g/mol. The quantitative estimate of drug-likeness (QED) is 0.215. The van der Waals surface area contributed by atoms with Crippen molar-refractivity contribution in [3.05, 3.63) is 46.5 Å². The molecule has 2 fully saturated rings. The Kier molecular flexibility index (Phi) is 8.77. The molecular weight excluding hydrogens is 534 g/mol. The van der Waals surface area contributed by atoms with Crippen molar-refractivity contribution < 1.29 is 46.3 Å². The number of rotatable bonds is 9. The molecule has 0 saturated carbocycles. The van der Waals surface area contributed by atoms with Crippen LogP contribution in [-0.2, 0) is 37.3 Å². The molecule has 2 aliphatic heterocycles. The molecule has 2 heterocycles. The molecule has 2 saturated heterocycles. The Balaban J connectivity index is 1.89. The van der Waals surface area contributed by atoms with Crippen LogP contribution in [0.1, 0.15) is 101 Å². The third-order valence-electron chi connectivity index (χ3n) is 6.33. The molecule has 0 aromatic heterocycles. The molecule has 0 bridgehead atoms. The molecule has 10 nitrogen and oxygen atoms in total. The Morgan fingerprint density at radius 1 is 0.579 bits per heavy atom. The number of phosphoric ester groups is 2. The molecule has 2 aromatic rings. The fourth-order valence-electron chi connectivity index (χ4n) is 4.30.